The number of ether oxygens (including phenoxy) is 1. The van der Waals surface area contributed by atoms with E-state index in [-0.39, 0.29) is 5.69 Å². The number of hydrogen-bond acceptors (Lipinski definition) is 6. The topological polar surface area (TPSA) is 96.3 Å². The molecule has 2 aromatic heterocycles. The van der Waals surface area contributed by atoms with Crippen molar-refractivity contribution in [2.24, 2.45) is 0 Å². The second-order valence-electron chi connectivity index (χ2n) is 10.5. The Hall–Kier alpha value is -4.92. The smallest absolute Gasteiger partial charge is 0.414 e. The van der Waals surface area contributed by atoms with Crippen molar-refractivity contribution < 1.29 is 9.53 Å². The Morgan fingerprint density at radius 1 is 0.900 bits per heavy atom. The number of nitrogens with zero attached hydrogens (tertiary/aromatic N) is 5. The standard InChI is InChI=1S/C31H32N6O3/c1-31(2,3)40-30(39)35(4)24-16-11-17-25(18-24)37-28-26(34-29(37)38)27(32-21-33-28)36(19-22-12-7-5-8-13-22)20-23-14-9-6-10-15-23/h5-18,21H,19-20H2,1-4H3,(H,34,38). The summed E-state index contributed by atoms with van der Waals surface area (Å²) >= 11 is 0. The molecule has 0 fully saturated rings. The van der Waals surface area contributed by atoms with Crippen LogP contribution in [0.15, 0.2) is 96.1 Å². The van der Waals surface area contributed by atoms with Crippen LogP contribution >= 0.6 is 0 Å². The second-order valence-corrected chi connectivity index (χ2v) is 10.5. The van der Waals surface area contributed by atoms with Gasteiger partial charge in [0.25, 0.3) is 0 Å². The number of H-pyrrole nitrogens is 1. The van der Waals surface area contributed by atoms with E-state index in [2.05, 4.69) is 44.1 Å². The molecule has 5 rings (SSSR count). The molecule has 0 spiro atoms. The highest BCUT2D eigenvalue weighted by molar-refractivity contribution is 5.88. The van der Waals surface area contributed by atoms with Crippen LogP contribution in [-0.4, -0.2) is 38.3 Å². The fourth-order valence-corrected chi connectivity index (χ4v) is 4.48. The summed E-state index contributed by atoms with van der Waals surface area (Å²) in [5, 5.41) is 0. The van der Waals surface area contributed by atoms with Crippen molar-refractivity contribution in [1.29, 1.82) is 0 Å². The molecular formula is C31H32N6O3. The first-order valence-corrected chi connectivity index (χ1v) is 13.1. The number of aromatic nitrogens is 4. The highest BCUT2D eigenvalue weighted by Gasteiger charge is 2.22. The van der Waals surface area contributed by atoms with E-state index in [0.29, 0.717) is 41.4 Å². The molecule has 0 saturated heterocycles. The SMILES string of the molecule is CN(C(=O)OC(C)(C)C)c1cccc(-n2c(=O)[nH]c3c(N(Cc4ccccc4)Cc4ccccc4)ncnc32)c1. The zero-order valence-electron chi connectivity index (χ0n) is 23.0. The summed E-state index contributed by atoms with van der Waals surface area (Å²) in [6.45, 7) is 6.63. The van der Waals surface area contributed by atoms with Gasteiger partial charge in [0.1, 0.15) is 17.4 Å². The molecule has 1 N–H and O–H groups in total. The number of carbonyl (C=O) groups excluding carboxylic acids is 1. The van der Waals surface area contributed by atoms with Crippen LogP contribution in [0, 0.1) is 0 Å². The van der Waals surface area contributed by atoms with E-state index in [4.69, 9.17) is 4.74 Å². The Labute approximate surface area is 232 Å². The Balaban J connectivity index is 1.55. The molecule has 1 amide bonds. The summed E-state index contributed by atoms with van der Waals surface area (Å²) in [5.41, 5.74) is 3.37. The van der Waals surface area contributed by atoms with Crippen LogP contribution in [-0.2, 0) is 17.8 Å². The molecule has 9 nitrogen and oxygen atoms in total. The molecule has 0 aliphatic rings. The van der Waals surface area contributed by atoms with Crippen LogP contribution in [0.5, 0.6) is 0 Å². The van der Waals surface area contributed by atoms with Crippen LogP contribution < -0.4 is 15.5 Å². The fraction of sp³-hybridized carbons (Fsp3) is 0.226. The number of fused-ring (bicyclic) bond motifs is 1. The second kappa shape index (κ2) is 11.1. The van der Waals surface area contributed by atoms with Gasteiger partial charge in [-0.05, 0) is 50.1 Å². The minimum atomic E-state index is -0.630. The summed E-state index contributed by atoms with van der Waals surface area (Å²) in [4.78, 5) is 41.6. The van der Waals surface area contributed by atoms with Gasteiger partial charge < -0.3 is 14.6 Å². The average molecular weight is 537 g/mol. The first kappa shape index (κ1) is 26.7. The maximum absolute atomic E-state index is 13.3. The number of anilines is 2. The molecule has 3 aromatic carbocycles. The van der Waals surface area contributed by atoms with Gasteiger partial charge >= 0.3 is 11.8 Å². The van der Waals surface area contributed by atoms with Gasteiger partial charge in [0.05, 0.1) is 5.69 Å². The van der Waals surface area contributed by atoms with E-state index >= 15 is 0 Å². The maximum Gasteiger partial charge on any atom is 0.414 e. The number of benzene rings is 3. The number of nitrogens with one attached hydrogen (secondary N) is 1. The molecule has 0 bridgehead atoms. The Morgan fingerprint density at radius 2 is 1.52 bits per heavy atom. The number of hydrogen-bond donors (Lipinski definition) is 1. The van der Waals surface area contributed by atoms with Crippen molar-refractivity contribution in [2.75, 3.05) is 16.8 Å². The van der Waals surface area contributed by atoms with Crippen molar-refractivity contribution in [3.05, 3.63) is 113 Å². The zero-order chi connectivity index (χ0) is 28.3. The van der Waals surface area contributed by atoms with Crippen molar-refractivity contribution in [2.45, 2.75) is 39.5 Å². The van der Waals surface area contributed by atoms with Gasteiger partial charge in [0.15, 0.2) is 11.5 Å². The highest BCUT2D eigenvalue weighted by atomic mass is 16.6. The summed E-state index contributed by atoms with van der Waals surface area (Å²) in [7, 11) is 1.64. The molecule has 5 aromatic rings. The lowest BCUT2D eigenvalue weighted by atomic mass is 10.1. The fourth-order valence-electron chi connectivity index (χ4n) is 4.48. The van der Waals surface area contributed by atoms with Gasteiger partial charge in [-0.25, -0.2) is 24.1 Å². The highest BCUT2D eigenvalue weighted by Crippen LogP contribution is 2.27. The molecular weight excluding hydrogens is 504 g/mol. The predicted octanol–water partition coefficient (Wildman–Crippen LogP) is 5.69. The van der Waals surface area contributed by atoms with Crippen molar-refractivity contribution in [3.8, 4) is 5.69 Å². The van der Waals surface area contributed by atoms with E-state index < -0.39 is 11.7 Å². The van der Waals surface area contributed by atoms with Crippen LogP contribution in [0.1, 0.15) is 31.9 Å². The first-order valence-electron chi connectivity index (χ1n) is 13.1. The zero-order valence-corrected chi connectivity index (χ0v) is 23.0. The lowest BCUT2D eigenvalue weighted by molar-refractivity contribution is 0.0589. The van der Waals surface area contributed by atoms with Crippen molar-refractivity contribution >= 4 is 28.8 Å². The molecule has 0 unspecified atom stereocenters. The number of aromatic amines is 1. The van der Waals surface area contributed by atoms with Crippen LogP contribution in [0.3, 0.4) is 0 Å². The quantitative estimate of drug-likeness (QED) is 0.287. The minimum absolute atomic E-state index is 0.354. The molecule has 0 aliphatic carbocycles. The van der Waals surface area contributed by atoms with Crippen LogP contribution in [0.2, 0.25) is 0 Å². The summed E-state index contributed by atoms with van der Waals surface area (Å²) in [6, 6.07) is 27.4. The van der Waals surface area contributed by atoms with E-state index in [1.54, 1.807) is 31.3 Å². The van der Waals surface area contributed by atoms with Crippen molar-refractivity contribution in [3.63, 3.8) is 0 Å². The monoisotopic (exact) mass is 536 g/mol. The normalized spacial score (nSPS) is 11.4. The third kappa shape index (κ3) is 5.88. The van der Waals surface area contributed by atoms with Gasteiger partial charge in [-0.15, -0.1) is 0 Å². The number of carbonyl (C=O) groups is 1. The lowest BCUT2D eigenvalue weighted by Crippen LogP contribution is -2.34. The third-order valence-corrected chi connectivity index (χ3v) is 6.33. The minimum Gasteiger partial charge on any atom is -0.443 e. The first-order chi connectivity index (χ1) is 19.2. The molecule has 9 heteroatoms. The Morgan fingerprint density at radius 3 is 2.12 bits per heavy atom. The van der Waals surface area contributed by atoms with Gasteiger partial charge in [-0.3, -0.25) is 4.90 Å². The largest absolute Gasteiger partial charge is 0.443 e. The third-order valence-electron chi connectivity index (χ3n) is 6.33. The molecule has 0 aliphatic heterocycles. The van der Waals surface area contributed by atoms with Gasteiger partial charge in [0.2, 0.25) is 0 Å². The number of imidazole rings is 1. The van der Waals surface area contributed by atoms with Gasteiger partial charge in [-0.1, -0.05) is 66.7 Å². The van der Waals surface area contributed by atoms with Crippen LogP contribution in [0.4, 0.5) is 16.3 Å². The van der Waals surface area contributed by atoms with Gasteiger partial charge in [-0.2, -0.15) is 0 Å². The summed E-state index contributed by atoms with van der Waals surface area (Å²) < 4.78 is 7.00. The average Bonchev–Trinajstić information content (AvgIpc) is 3.28. The van der Waals surface area contributed by atoms with E-state index in [1.807, 2.05) is 57.2 Å². The van der Waals surface area contributed by atoms with E-state index in [0.717, 1.165) is 11.1 Å². The molecule has 2 heterocycles. The molecule has 0 saturated carbocycles. The number of amides is 1. The molecule has 40 heavy (non-hydrogen) atoms. The summed E-state index contributed by atoms with van der Waals surface area (Å²) in [5.74, 6) is 0.621. The number of rotatable bonds is 7. The Kier molecular flexibility index (Phi) is 7.37. The molecule has 204 valence electrons. The van der Waals surface area contributed by atoms with Gasteiger partial charge in [0, 0.05) is 25.8 Å². The Bertz CT molecular complexity index is 1630. The van der Waals surface area contributed by atoms with E-state index in [1.165, 1.54) is 15.8 Å². The molecule has 0 atom stereocenters. The van der Waals surface area contributed by atoms with Crippen molar-refractivity contribution in [1.82, 2.24) is 19.5 Å². The summed E-state index contributed by atoms with van der Waals surface area (Å²) in [6.07, 6.45) is 0.985. The maximum atomic E-state index is 13.3. The van der Waals surface area contributed by atoms with Crippen LogP contribution in [0.25, 0.3) is 16.9 Å². The van der Waals surface area contributed by atoms with E-state index in [9.17, 15) is 9.59 Å². The molecule has 0 radical (unpaired) electrons. The lowest BCUT2D eigenvalue weighted by Gasteiger charge is -2.25. The predicted molar refractivity (Wildman–Crippen MR) is 157 cm³/mol.